The largest absolute Gasteiger partial charge is 0.481 e. The van der Waals surface area contributed by atoms with Crippen molar-refractivity contribution in [2.45, 2.75) is 31.7 Å². The second kappa shape index (κ2) is 5.68. The molecule has 21 heavy (non-hydrogen) atoms. The van der Waals surface area contributed by atoms with Crippen molar-refractivity contribution < 1.29 is 14.7 Å². The zero-order valence-electron chi connectivity index (χ0n) is 11.7. The van der Waals surface area contributed by atoms with Crippen LogP contribution in [0.1, 0.15) is 37.3 Å². The monoisotopic (exact) mass is 307 g/mol. The highest BCUT2D eigenvalue weighted by Crippen LogP contribution is 2.41. The van der Waals surface area contributed by atoms with E-state index in [1.165, 1.54) is 0 Å². The van der Waals surface area contributed by atoms with Crippen LogP contribution in [0.5, 0.6) is 0 Å². The van der Waals surface area contributed by atoms with Gasteiger partial charge in [0.25, 0.3) is 0 Å². The predicted octanol–water partition coefficient (Wildman–Crippen LogP) is 3.11. The Morgan fingerprint density at radius 3 is 2.48 bits per heavy atom. The van der Waals surface area contributed by atoms with Gasteiger partial charge in [-0.05, 0) is 37.3 Å². The minimum absolute atomic E-state index is 0.0127. The Kier molecular flexibility index (Phi) is 3.89. The summed E-state index contributed by atoms with van der Waals surface area (Å²) in [4.78, 5) is 25.6. The predicted molar refractivity (Wildman–Crippen MR) is 79.0 cm³/mol. The van der Waals surface area contributed by atoms with E-state index in [4.69, 9.17) is 16.7 Å². The molecular weight excluding hydrogens is 290 g/mol. The smallest absolute Gasteiger partial charge is 0.307 e. The Morgan fingerprint density at radius 1 is 1.14 bits per heavy atom. The number of amides is 1. The summed E-state index contributed by atoms with van der Waals surface area (Å²) in [5.41, 5.74) is 0.969. The summed E-state index contributed by atoms with van der Waals surface area (Å²) in [5, 5.41) is 9.80. The highest BCUT2D eigenvalue weighted by atomic mass is 35.5. The first-order chi connectivity index (χ1) is 10.1. The molecule has 2 aliphatic rings. The maximum atomic E-state index is 12.7. The molecular formula is C16H18ClNO3. The van der Waals surface area contributed by atoms with Gasteiger partial charge in [0.2, 0.25) is 5.91 Å². The second-order valence-electron chi connectivity index (χ2n) is 5.84. The maximum absolute atomic E-state index is 12.7. The van der Waals surface area contributed by atoms with Crippen LogP contribution in [0.4, 0.5) is 0 Å². The zero-order valence-corrected chi connectivity index (χ0v) is 12.4. The molecule has 3 rings (SSSR count). The van der Waals surface area contributed by atoms with Gasteiger partial charge in [-0.25, -0.2) is 0 Å². The van der Waals surface area contributed by atoms with E-state index in [9.17, 15) is 9.59 Å². The molecule has 1 aliphatic carbocycles. The Hall–Kier alpha value is -1.55. The second-order valence-corrected chi connectivity index (χ2v) is 6.25. The molecule has 1 saturated heterocycles. The van der Waals surface area contributed by atoms with Gasteiger partial charge in [0.15, 0.2) is 0 Å². The normalized spacial score (nSPS) is 28.2. The maximum Gasteiger partial charge on any atom is 0.307 e. The van der Waals surface area contributed by atoms with Crippen LogP contribution >= 0.6 is 11.6 Å². The van der Waals surface area contributed by atoms with Gasteiger partial charge in [-0.15, -0.1) is 0 Å². The molecule has 0 radical (unpaired) electrons. The molecule has 3 unspecified atom stereocenters. The van der Waals surface area contributed by atoms with Gasteiger partial charge in [0, 0.05) is 11.6 Å². The third kappa shape index (κ3) is 2.53. The molecule has 3 atom stereocenters. The lowest BCUT2D eigenvalue weighted by Crippen LogP contribution is -2.45. The molecule has 1 N–H and O–H groups in total. The topological polar surface area (TPSA) is 57.6 Å². The Balaban J connectivity index is 1.80. The minimum Gasteiger partial charge on any atom is -0.481 e. The van der Waals surface area contributed by atoms with Gasteiger partial charge in [-0.1, -0.05) is 29.8 Å². The van der Waals surface area contributed by atoms with E-state index >= 15 is 0 Å². The molecule has 5 heteroatoms. The SMILES string of the molecule is O=C(O)C1CCC1C(=O)N1CCCC1c1ccccc1Cl. The number of nitrogens with zero attached hydrogens (tertiary/aromatic N) is 1. The lowest BCUT2D eigenvalue weighted by Gasteiger charge is -2.37. The van der Waals surface area contributed by atoms with E-state index < -0.39 is 11.9 Å². The van der Waals surface area contributed by atoms with Gasteiger partial charge in [0.05, 0.1) is 17.9 Å². The van der Waals surface area contributed by atoms with Crippen molar-refractivity contribution in [2.75, 3.05) is 6.54 Å². The fourth-order valence-corrected chi connectivity index (χ4v) is 3.67. The number of hydrogen-bond acceptors (Lipinski definition) is 2. The number of aliphatic carboxylic acids is 1. The summed E-state index contributed by atoms with van der Waals surface area (Å²) in [7, 11) is 0. The lowest BCUT2D eigenvalue weighted by atomic mass is 9.72. The van der Waals surface area contributed by atoms with E-state index in [2.05, 4.69) is 0 Å². The minimum atomic E-state index is -0.854. The number of carbonyl (C=O) groups excluding carboxylic acids is 1. The van der Waals surface area contributed by atoms with Gasteiger partial charge in [-0.3, -0.25) is 9.59 Å². The number of carboxylic acids is 1. The molecule has 1 aliphatic heterocycles. The van der Waals surface area contributed by atoms with Crippen LogP contribution in [0.3, 0.4) is 0 Å². The number of carboxylic acid groups (broad SMARTS) is 1. The Bertz CT molecular complexity index is 574. The average Bonchev–Trinajstić information content (AvgIpc) is 2.86. The third-order valence-corrected chi connectivity index (χ3v) is 5.05. The van der Waals surface area contributed by atoms with Gasteiger partial charge in [0.1, 0.15) is 0 Å². The van der Waals surface area contributed by atoms with Crippen molar-refractivity contribution in [1.29, 1.82) is 0 Å². The third-order valence-electron chi connectivity index (χ3n) is 4.71. The van der Waals surface area contributed by atoms with E-state index in [1.54, 1.807) is 0 Å². The number of likely N-dealkylation sites (tertiary alicyclic amines) is 1. The summed E-state index contributed by atoms with van der Waals surface area (Å²) in [6.07, 6.45) is 3.11. The van der Waals surface area contributed by atoms with Crippen molar-refractivity contribution in [3.05, 3.63) is 34.9 Å². The van der Waals surface area contributed by atoms with E-state index in [-0.39, 0.29) is 17.9 Å². The number of hydrogen-bond donors (Lipinski definition) is 1. The molecule has 0 bridgehead atoms. The molecule has 2 fully saturated rings. The summed E-state index contributed by atoms with van der Waals surface area (Å²) in [5.74, 6) is -1.74. The van der Waals surface area contributed by atoms with E-state index in [0.717, 1.165) is 18.4 Å². The molecule has 1 aromatic carbocycles. The molecule has 112 valence electrons. The van der Waals surface area contributed by atoms with Gasteiger partial charge in [-0.2, -0.15) is 0 Å². The summed E-state index contributed by atoms with van der Waals surface area (Å²) in [6.45, 7) is 0.692. The lowest BCUT2D eigenvalue weighted by molar-refractivity contribution is -0.157. The molecule has 0 spiro atoms. The number of benzene rings is 1. The molecule has 0 aromatic heterocycles. The van der Waals surface area contributed by atoms with Gasteiger partial charge >= 0.3 is 5.97 Å². The fourth-order valence-electron chi connectivity index (χ4n) is 3.40. The standard InChI is InChI=1S/C16H18ClNO3/c17-13-5-2-1-4-12(13)14-6-3-9-18(14)15(19)10-7-8-11(10)16(20)21/h1-2,4-5,10-11,14H,3,6-9H2,(H,20,21). The first-order valence-electron chi connectivity index (χ1n) is 7.37. The number of carbonyl (C=O) groups is 2. The summed E-state index contributed by atoms with van der Waals surface area (Å²) in [6, 6.07) is 7.57. The van der Waals surface area contributed by atoms with Crippen LogP contribution in [0.15, 0.2) is 24.3 Å². The van der Waals surface area contributed by atoms with Crippen LogP contribution in [0, 0.1) is 11.8 Å². The zero-order chi connectivity index (χ0) is 15.0. The van der Waals surface area contributed by atoms with Crippen LogP contribution in [0.25, 0.3) is 0 Å². The molecule has 1 amide bonds. The fraction of sp³-hybridized carbons (Fsp3) is 0.500. The summed E-state index contributed by atoms with van der Waals surface area (Å²) >= 11 is 6.25. The quantitative estimate of drug-likeness (QED) is 0.933. The molecule has 4 nitrogen and oxygen atoms in total. The highest BCUT2D eigenvalue weighted by molar-refractivity contribution is 6.31. The van der Waals surface area contributed by atoms with E-state index in [1.807, 2.05) is 29.2 Å². The van der Waals surface area contributed by atoms with Crippen molar-refractivity contribution in [1.82, 2.24) is 4.90 Å². The van der Waals surface area contributed by atoms with Crippen molar-refractivity contribution in [3.8, 4) is 0 Å². The number of halogens is 1. The van der Waals surface area contributed by atoms with Crippen molar-refractivity contribution in [2.24, 2.45) is 11.8 Å². The van der Waals surface area contributed by atoms with E-state index in [0.29, 0.717) is 24.4 Å². The van der Waals surface area contributed by atoms with Gasteiger partial charge < -0.3 is 10.0 Å². The average molecular weight is 308 g/mol. The van der Waals surface area contributed by atoms with Crippen LogP contribution in [0.2, 0.25) is 5.02 Å². The number of rotatable bonds is 3. The van der Waals surface area contributed by atoms with Crippen LogP contribution in [-0.2, 0) is 9.59 Å². The molecule has 1 aromatic rings. The first kappa shape index (κ1) is 14.4. The van der Waals surface area contributed by atoms with Crippen molar-refractivity contribution in [3.63, 3.8) is 0 Å². The molecule has 1 heterocycles. The Labute approximate surface area is 128 Å². The summed E-state index contributed by atoms with van der Waals surface area (Å²) < 4.78 is 0. The highest BCUT2D eigenvalue weighted by Gasteiger charge is 2.45. The first-order valence-corrected chi connectivity index (χ1v) is 7.75. The van der Waals surface area contributed by atoms with Crippen LogP contribution < -0.4 is 0 Å². The Morgan fingerprint density at radius 2 is 1.86 bits per heavy atom. The van der Waals surface area contributed by atoms with Crippen molar-refractivity contribution >= 4 is 23.5 Å². The molecule has 1 saturated carbocycles. The van der Waals surface area contributed by atoms with Crippen LogP contribution in [-0.4, -0.2) is 28.4 Å².